The Morgan fingerprint density at radius 1 is 1.21 bits per heavy atom. The molecule has 1 aromatic rings. The fraction of sp³-hybridized carbons (Fsp3) is 0.600. The van der Waals surface area contributed by atoms with E-state index in [4.69, 9.17) is 0 Å². The van der Waals surface area contributed by atoms with Gasteiger partial charge in [-0.25, -0.2) is 0 Å². The first kappa shape index (κ1) is 17.6. The van der Waals surface area contributed by atoms with Crippen LogP contribution in [0.4, 0.5) is 13.2 Å². The molecule has 0 amide bonds. The second-order valence-corrected chi connectivity index (χ2v) is 6.02. The SMILES string of the molecule is C[C@@H](NC1CNCCN1)c1ccc(C2NOC(C(F)(F)F)N2)cc1. The fourth-order valence-electron chi connectivity index (χ4n) is 2.83. The molecule has 0 spiro atoms. The maximum atomic E-state index is 12.6. The quantitative estimate of drug-likeness (QED) is 0.558. The van der Waals surface area contributed by atoms with E-state index in [2.05, 4.69) is 38.5 Å². The number of hydroxylamine groups is 1. The zero-order valence-electron chi connectivity index (χ0n) is 13.3. The fourth-order valence-corrected chi connectivity index (χ4v) is 2.83. The van der Waals surface area contributed by atoms with Crippen LogP contribution in [0.5, 0.6) is 0 Å². The topological polar surface area (TPSA) is 69.4 Å². The second kappa shape index (κ2) is 7.34. The Morgan fingerprint density at radius 3 is 2.54 bits per heavy atom. The smallest absolute Gasteiger partial charge is 0.313 e. The van der Waals surface area contributed by atoms with Crippen molar-refractivity contribution >= 4 is 0 Å². The van der Waals surface area contributed by atoms with Crippen molar-refractivity contribution in [2.24, 2.45) is 0 Å². The van der Waals surface area contributed by atoms with Crippen molar-refractivity contribution in [3.05, 3.63) is 35.4 Å². The molecule has 2 aliphatic heterocycles. The first-order chi connectivity index (χ1) is 11.4. The van der Waals surface area contributed by atoms with Crippen molar-refractivity contribution in [3.63, 3.8) is 0 Å². The van der Waals surface area contributed by atoms with Gasteiger partial charge in [0, 0.05) is 25.7 Å². The molecule has 1 aromatic carbocycles. The third-order valence-corrected chi connectivity index (χ3v) is 4.18. The number of halogens is 3. The number of nitrogens with one attached hydrogen (secondary N) is 5. The van der Waals surface area contributed by atoms with Crippen LogP contribution in [0, 0.1) is 0 Å². The van der Waals surface area contributed by atoms with E-state index in [0.717, 1.165) is 25.2 Å². The Kier molecular flexibility index (Phi) is 5.38. The van der Waals surface area contributed by atoms with Gasteiger partial charge in [0.05, 0.1) is 6.17 Å². The van der Waals surface area contributed by atoms with Gasteiger partial charge in [-0.1, -0.05) is 24.3 Å². The van der Waals surface area contributed by atoms with E-state index >= 15 is 0 Å². The van der Waals surface area contributed by atoms with Crippen LogP contribution in [0.25, 0.3) is 0 Å². The summed E-state index contributed by atoms with van der Waals surface area (Å²) in [4.78, 5) is 4.55. The molecule has 3 unspecified atom stereocenters. The van der Waals surface area contributed by atoms with Gasteiger partial charge in [-0.3, -0.25) is 20.8 Å². The molecule has 0 aliphatic carbocycles. The highest BCUT2D eigenvalue weighted by atomic mass is 19.4. The molecular formula is C15H22F3N5O. The molecule has 4 atom stereocenters. The first-order valence-corrected chi connectivity index (χ1v) is 7.97. The summed E-state index contributed by atoms with van der Waals surface area (Å²) in [7, 11) is 0. The Bertz CT molecular complexity index is 533. The van der Waals surface area contributed by atoms with E-state index < -0.39 is 18.6 Å². The number of hydrogen-bond donors (Lipinski definition) is 5. The highest BCUT2D eigenvalue weighted by Gasteiger charge is 2.46. The molecule has 134 valence electrons. The molecule has 0 radical (unpaired) electrons. The van der Waals surface area contributed by atoms with Crippen LogP contribution < -0.4 is 26.7 Å². The molecule has 24 heavy (non-hydrogen) atoms. The van der Waals surface area contributed by atoms with Gasteiger partial charge in [0.1, 0.15) is 6.17 Å². The third-order valence-electron chi connectivity index (χ3n) is 4.18. The number of piperazine rings is 1. The lowest BCUT2D eigenvalue weighted by atomic mass is 10.0. The molecule has 9 heteroatoms. The average molecular weight is 345 g/mol. The lowest BCUT2D eigenvalue weighted by Gasteiger charge is -2.28. The van der Waals surface area contributed by atoms with Crippen LogP contribution in [0.1, 0.15) is 30.3 Å². The van der Waals surface area contributed by atoms with Crippen molar-refractivity contribution < 1.29 is 18.0 Å². The summed E-state index contributed by atoms with van der Waals surface area (Å²) in [5.41, 5.74) is 4.14. The van der Waals surface area contributed by atoms with Crippen LogP contribution >= 0.6 is 0 Å². The van der Waals surface area contributed by atoms with Crippen molar-refractivity contribution in [1.29, 1.82) is 0 Å². The lowest BCUT2D eigenvalue weighted by molar-refractivity contribution is -0.224. The van der Waals surface area contributed by atoms with Gasteiger partial charge in [0.2, 0.25) is 6.23 Å². The highest BCUT2D eigenvalue weighted by molar-refractivity contribution is 5.27. The van der Waals surface area contributed by atoms with Crippen molar-refractivity contribution in [2.45, 2.75) is 37.7 Å². The molecule has 2 fully saturated rings. The molecule has 6 nitrogen and oxygen atoms in total. The zero-order chi connectivity index (χ0) is 17.2. The molecule has 5 N–H and O–H groups in total. The van der Waals surface area contributed by atoms with Crippen LogP contribution in [-0.4, -0.2) is 38.2 Å². The van der Waals surface area contributed by atoms with E-state index in [1.54, 1.807) is 12.1 Å². The van der Waals surface area contributed by atoms with Crippen LogP contribution in [0.2, 0.25) is 0 Å². The minimum atomic E-state index is -4.44. The molecule has 2 aliphatic rings. The highest BCUT2D eigenvalue weighted by Crippen LogP contribution is 2.27. The van der Waals surface area contributed by atoms with Gasteiger partial charge in [-0.15, -0.1) is 0 Å². The molecule has 2 heterocycles. The number of alkyl halides is 3. The van der Waals surface area contributed by atoms with E-state index in [1.807, 2.05) is 12.1 Å². The normalized spacial score (nSPS) is 29.6. The summed E-state index contributed by atoms with van der Waals surface area (Å²) in [5.74, 6) is 0. The molecule has 0 aromatic heterocycles. The van der Waals surface area contributed by atoms with E-state index in [1.165, 1.54) is 0 Å². The van der Waals surface area contributed by atoms with Crippen molar-refractivity contribution in [1.82, 2.24) is 26.7 Å². The number of benzene rings is 1. The van der Waals surface area contributed by atoms with E-state index in [-0.39, 0.29) is 12.2 Å². The largest absolute Gasteiger partial charge is 0.430 e. The summed E-state index contributed by atoms with van der Waals surface area (Å²) in [6.07, 6.45) is -6.92. The predicted octanol–water partition coefficient (Wildman–Crippen LogP) is 0.868. The summed E-state index contributed by atoms with van der Waals surface area (Å²) in [5, 5.41) is 12.5. The Labute approximate surface area is 138 Å². The molecule has 0 bridgehead atoms. The van der Waals surface area contributed by atoms with E-state index in [9.17, 15) is 13.2 Å². The monoisotopic (exact) mass is 345 g/mol. The summed E-state index contributed by atoms with van der Waals surface area (Å²) in [6.45, 7) is 4.79. The second-order valence-electron chi connectivity index (χ2n) is 6.02. The standard InChI is InChI=1S/C15H22F3N5O/c1-9(21-12-8-19-6-7-20-12)10-2-4-11(5-3-10)13-22-14(24-23-13)15(16,17)18/h2-5,9,12-14,19-23H,6-8H2,1H3/t9-,12?,13?,14?/m1/s1. The van der Waals surface area contributed by atoms with Crippen molar-refractivity contribution in [3.8, 4) is 0 Å². The van der Waals surface area contributed by atoms with Gasteiger partial charge in [-0.05, 0) is 18.1 Å². The Morgan fingerprint density at radius 2 is 1.96 bits per heavy atom. The Hall–Kier alpha value is -1.23. The first-order valence-electron chi connectivity index (χ1n) is 7.97. The summed E-state index contributed by atoms with van der Waals surface area (Å²) < 4.78 is 37.8. The van der Waals surface area contributed by atoms with Gasteiger partial charge in [0.15, 0.2) is 0 Å². The summed E-state index contributed by atoms with van der Waals surface area (Å²) >= 11 is 0. The zero-order valence-corrected chi connectivity index (χ0v) is 13.3. The van der Waals surface area contributed by atoms with Crippen LogP contribution in [0.15, 0.2) is 24.3 Å². The molecule has 0 saturated carbocycles. The molecule has 3 rings (SSSR count). The van der Waals surface area contributed by atoms with Crippen LogP contribution in [-0.2, 0) is 4.84 Å². The number of hydrogen-bond acceptors (Lipinski definition) is 6. The Balaban J connectivity index is 1.57. The average Bonchev–Trinajstić information content (AvgIpc) is 3.06. The van der Waals surface area contributed by atoms with Gasteiger partial charge < -0.3 is 5.32 Å². The minimum Gasteiger partial charge on any atom is -0.313 e. The van der Waals surface area contributed by atoms with Crippen LogP contribution in [0.3, 0.4) is 0 Å². The maximum Gasteiger partial charge on any atom is 0.430 e. The van der Waals surface area contributed by atoms with Gasteiger partial charge >= 0.3 is 6.18 Å². The molecular weight excluding hydrogens is 323 g/mol. The predicted molar refractivity (Wildman–Crippen MR) is 82.6 cm³/mol. The van der Waals surface area contributed by atoms with Gasteiger partial charge in [0.25, 0.3) is 0 Å². The van der Waals surface area contributed by atoms with Crippen molar-refractivity contribution in [2.75, 3.05) is 19.6 Å². The third kappa shape index (κ3) is 4.24. The minimum absolute atomic E-state index is 0.125. The van der Waals surface area contributed by atoms with E-state index in [0.29, 0.717) is 5.56 Å². The number of rotatable bonds is 4. The molecule has 2 saturated heterocycles. The maximum absolute atomic E-state index is 12.6. The summed E-state index contributed by atoms with van der Waals surface area (Å²) in [6, 6.07) is 7.54. The lowest BCUT2D eigenvalue weighted by Crippen LogP contribution is -2.55. The van der Waals surface area contributed by atoms with Gasteiger partial charge in [-0.2, -0.15) is 18.7 Å².